The summed E-state index contributed by atoms with van der Waals surface area (Å²) in [5.74, 6) is 1.50. The molecule has 1 aromatic rings. The van der Waals surface area contributed by atoms with Crippen LogP contribution in [0.1, 0.15) is 18.9 Å². The Kier molecular flexibility index (Phi) is 3.05. The third kappa shape index (κ3) is 2.38. The van der Waals surface area contributed by atoms with Gasteiger partial charge in [0.05, 0.1) is 13.2 Å². The summed E-state index contributed by atoms with van der Waals surface area (Å²) in [7, 11) is 1.70. The summed E-state index contributed by atoms with van der Waals surface area (Å²) >= 11 is 0. The molecule has 0 saturated heterocycles. The third-order valence-electron chi connectivity index (χ3n) is 2.99. The summed E-state index contributed by atoms with van der Waals surface area (Å²) < 4.78 is 5.20. The van der Waals surface area contributed by atoms with Crippen LogP contribution in [0.15, 0.2) is 35.3 Å². The van der Waals surface area contributed by atoms with E-state index in [1.807, 2.05) is 6.07 Å². The van der Waals surface area contributed by atoms with Gasteiger partial charge in [0, 0.05) is 6.42 Å². The lowest BCUT2D eigenvalue weighted by Crippen LogP contribution is -2.13. The van der Waals surface area contributed by atoms with Gasteiger partial charge in [-0.1, -0.05) is 37.3 Å². The number of nitrogens with zero attached hydrogens (tertiary/aromatic N) is 1. The topological polar surface area (TPSA) is 21.6 Å². The van der Waals surface area contributed by atoms with E-state index < -0.39 is 0 Å². The van der Waals surface area contributed by atoms with Crippen molar-refractivity contribution in [1.29, 1.82) is 0 Å². The summed E-state index contributed by atoms with van der Waals surface area (Å²) in [6.45, 7) is 2.24. The molecule has 80 valence electrons. The SMILES string of the molecule is COC1=NC(Cc2ccccc2)C(C)C1. The molecule has 2 unspecified atom stereocenters. The molecule has 0 bridgehead atoms. The van der Waals surface area contributed by atoms with Gasteiger partial charge in [0.1, 0.15) is 0 Å². The van der Waals surface area contributed by atoms with Crippen molar-refractivity contribution in [2.75, 3.05) is 7.11 Å². The van der Waals surface area contributed by atoms with E-state index >= 15 is 0 Å². The molecular weight excluding hydrogens is 186 g/mol. The predicted molar refractivity (Wildman–Crippen MR) is 62.2 cm³/mol. The first-order valence-electron chi connectivity index (χ1n) is 5.44. The molecule has 0 spiro atoms. The van der Waals surface area contributed by atoms with Gasteiger partial charge in [0.2, 0.25) is 0 Å². The molecule has 1 aromatic carbocycles. The van der Waals surface area contributed by atoms with Crippen molar-refractivity contribution in [3.8, 4) is 0 Å². The molecule has 0 aliphatic carbocycles. The van der Waals surface area contributed by atoms with Gasteiger partial charge in [-0.15, -0.1) is 0 Å². The zero-order valence-electron chi connectivity index (χ0n) is 9.31. The molecular formula is C13H17NO. The number of aliphatic imine (C=N–C) groups is 1. The van der Waals surface area contributed by atoms with E-state index in [4.69, 9.17) is 4.74 Å². The van der Waals surface area contributed by atoms with E-state index in [9.17, 15) is 0 Å². The summed E-state index contributed by atoms with van der Waals surface area (Å²) in [6, 6.07) is 10.9. The van der Waals surface area contributed by atoms with E-state index in [0.717, 1.165) is 18.7 Å². The molecule has 15 heavy (non-hydrogen) atoms. The molecule has 2 nitrogen and oxygen atoms in total. The Bertz CT molecular complexity index is 345. The van der Waals surface area contributed by atoms with Crippen molar-refractivity contribution in [3.05, 3.63) is 35.9 Å². The van der Waals surface area contributed by atoms with Crippen LogP contribution in [0.5, 0.6) is 0 Å². The van der Waals surface area contributed by atoms with Gasteiger partial charge < -0.3 is 4.74 Å². The lowest BCUT2D eigenvalue weighted by molar-refractivity contribution is 0.390. The van der Waals surface area contributed by atoms with Crippen molar-refractivity contribution in [2.24, 2.45) is 10.9 Å². The molecule has 0 aromatic heterocycles. The molecule has 0 radical (unpaired) electrons. The second-order valence-corrected chi connectivity index (χ2v) is 4.17. The molecule has 1 aliphatic heterocycles. The smallest absolute Gasteiger partial charge is 0.183 e. The lowest BCUT2D eigenvalue weighted by Gasteiger charge is -2.12. The number of methoxy groups -OCH3 is 1. The zero-order chi connectivity index (χ0) is 10.7. The van der Waals surface area contributed by atoms with Gasteiger partial charge in [-0.2, -0.15) is 0 Å². The predicted octanol–water partition coefficient (Wildman–Crippen LogP) is 2.68. The molecule has 1 aliphatic rings. The van der Waals surface area contributed by atoms with Gasteiger partial charge in [0.25, 0.3) is 0 Å². The Morgan fingerprint density at radius 2 is 2.07 bits per heavy atom. The lowest BCUT2D eigenvalue weighted by atomic mass is 9.96. The summed E-state index contributed by atoms with van der Waals surface area (Å²) in [5, 5.41) is 0. The second kappa shape index (κ2) is 4.47. The molecule has 2 rings (SSSR count). The van der Waals surface area contributed by atoms with Gasteiger partial charge in [-0.3, -0.25) is 4.99 Å². The number of benzene rings is 1. The van der Waals surface area contributed by atoms with E-state index in [2.05, 4.69) is 36.2 Å². The summed E-state index contributed by atoms with van der Waals surface area (Å²) in [4.78, 5) is 4.58. The number of rotatable bonds is 2. The van der Waals surface area contributed by atoms with Crippen molar-refractivity contribution in [1.82, 2.24) is 0 Å². The minimum atomic E-state index is 0.391. The average Bonchev–Trinajstić information content (AvgIpc) is 2.61. The number of hydrogen-bond donors (Lipinski definition) is 0. The van der Waals surface area contributed by atoms with Crippen molar-refractivity contribution in [2.45, 2.75) is 25.8 Å². The first kappa shape index (κ1) is 10.2. The Labute approximate surface area is 91.0 Å². The maximum absolute atomic E-state index is 5.20. The molecule has 2 atom stereocenters. The van der Waals surface area contributed by atoms with Crippen LogP contribution in [0.25, 0.3) is 0 Å². The zero-order valence-corrected chi connectivity index (χ0v) is 9.31. The number of ether oxygens (including phenoxy) is 1. The van der Waals surface area contributed by atoms with E-state index in [-0.39, 0.29) is 0 Å². The Morgan fingerprint density at radius 3 is 2.67 bits per heavy atom. The van der Waals surface area contributed by atoms with Crippen LogP contribution >= 0.6 is 0 Å². The molecule has 1 heterocycles. The molecule has 0 amide bonds. The van der Waals surface area contributed by atoms with Crippen LogP contribution in [0.2, 0.25) is 0 Å². The Morgan fingerprint density at radius 1 is 1.33 bits per heavy atom. The van der Waals surface area contributed by atoms with Crippen LogP contribution in [0.4, 0.5) is 0 Å². The fourth-order valence-corrected chi connectivity index (χ4v) is 2.01. The molecule has 2 heteroatoms. The van der Waals surface area contributed by atoms with Gasteiger partial charge in [0.15, 0.2) is 5.90 Å². The normalized spacial score (nSPS) is 25.1. The maximum atomic E-state index is 5.20. The first-order chi connectivity index (χ1) is 7.29. The standard InChI is InChI=1S/C13H17NO/c1-10-8-13(15-2)14-12(10)9-11-6-4-3-5-7-11/h3-7,10,12H,8-9H2,1-2H3. The highest BCUT2D eigenvalue weighted by atomic mass is 16.5. The van der Waals surface area contributed by atoms with Crippen LogP contribution in [0.3, 0.4) is 0 Å². The fraction of sp³-hybridized carbons (Fsp3) is 0.462. The summed E-state index contributed by atoms with van der Waals surface area (Å²) in [5.41, 5.74) is 1.36. The minimum Gasteiger partial charge on any atom is -0.484 e. The van der Waals surface area contributed by atoms with Crippen LogP contribution < -0.4 is 0 Å². The van der Waals surface area contributed by atoms with Crippen LogP contribution in [-0.2, 0) is 11.2 Å². The highest BCUT2D eigenvalue weighted by Gasteiger charge is 2.26. The first-order valence-corrected chi connectivity index (χ1v) is 5.44. The summed E-state index contributed by atoms with van der Waals surface area (Å²) in [6.07, 6.45) is 2.00. The second-order valence-electron chi connectivity index (χ2n) is 4.17. The van der Waals surface area contributed by atoms with Crippen molar-refractivity contribution in [3.63, 3.8) is 0 Å². The largest absolute Gasteiger partial charge is 0.484 e. The van der Waals surface area contributed by atoms with E-state index in [0.29, 0.717) is 12.0 Å². The monoisotopic (exact) mass is 203 g/mol. The average molecular weight is 203 g/mol. The number of hydrogen-bond acceptors (Lipinski definition) is 2. The van der Waals surface area contributed by atoms with Gasteiger partial charge >= 0.3 is 0 Å². The van der Waals surface area contributed by atoms with E-state index in [1.54, 1.807) is 7.11 Å². The third-order valence-corrected chi connectivity index (χ3v) is 2.99. The van der Waals surface area contributed by atoms with Crippen molar-refractivity contribution < 1.29 is 4.74 Å². The van der Waals surface area contributed by atoms with Crippen LogP contribution in [0, 0.1) is 5.92 Å². The highest BCUT2D eigenvalue weighted by Crippen LogP contribution is 2.24. The highest BCUT2D eigenvalue weighted by molar-refractivity contribution is 5.78. The fourth-order valence-electron chi connectivity index (χ4n) is 2.01. The molecule has 0 N–H and O–H groups in total. The molecule has 0 fully saturated rings. The molecule has 0 saturated carbocycles. The van der Waals surface area contributed by atoms with Gasteiger partial charge in [-0.25, -0.2) is 0 Å². The quantitative estimate of drug-likeness (QED) is 0.724. The van der Waals surface area contributed by atoms with E-state index in [1.165, 1.54) is 5.56 Å². The van der Waals surface area contributed by atoms with Gasteiger partial charge in [-0.05, 0) is 17.9 Å². The van der Waals surface area contributed by atoms with Crippen LogP contribution in [-0.4, -0.2) is 19.0 Å². The van der Waals surface area contributed by atoms with Crippen molar-refractivity contribution >= 4 is 5.90 Å². The minimum absolute atomic E-state index is 0.391. The Balaban J connectivity index is 2.04. The maximum Gasteiger partial charge on any atom is 0.183 e. The Hall–Kier alpha value is -1.31.